The summed E-state index contributed by atoms with van der Waals surface area (Å²) in [7, 11) is 0. The minimum absolute atomic E-state index is 0.200. The van der Waals surface area contributed by atoms with Crippen molar-refractivity contribution in [3.05, 3.63) is 71.3 Å². The van der Waals surface area contributed by atoms with Crippen molar-refractivity contribution in [3.63, 3.8) is 0 Å². The summed E-state index contributed by atoms with van der Waals surface area (Å²) in [5, 5.41) is 0. The summed E-state index contributed by atoms with van der Waals surface area (Å²) in [5.74, 6) is 1.44. The molecular formula is C29H37NO2. The van der Waals surface area contributed by atoms with Gasteiger partial charge in [-0.15, -0.1) is 0 Å². The molecule has 0 spiro atoms. The van der Waals surface area contributed by atoms with Gasteiger partial charge < -0.3 is 4.90 Å². The first-order valence-electron chi connectivity index (χ1n) is 12.6. The number of ketones is 1. The van der Waals surface area contributed by atoms with Crippen LogP contribution >= 0.6 is 0 Å². The van der Waals surface area contributed by atoms with Crippen molar-refractivity contribution < 1.29 is 9.59 Å². The highest BCUT2D eigenvalue weighted by Gasteiger charge is 2.35. The zero-order valence-corrected chi connectivity index (χ0v) is 19.5. The predicted molar refractivity (Wildman–Crippen MR) is 130 cm³/mol. The maximum atomic E-state index is 13.3. The summed E-state index contributed by atoms with van der Waals surface area (Å²) < 4.78 is 0. The number of piperidine rings is 1. The van der Waals surface area contributed by atoms with Crippen LogP contribution in [0.25, 0.3) is 0 Å². The fourth-order valence-electron chi connectivity index (χ4n) is 5.58. The second-order valence-electron chi connectivity index (χ2n) is 9.85. The van der Waals surface area contributed by atoms with Crippen LogP contribution in [0, 0.1) is 11.8 Å². The molecule has 1 aliphatic carbocycles. The summed E-state index contributed by atoms with van der Waals surface area (Å²) in [6, 6.07) is 19.2. The highest BCUT2D eigenvalue weighted by atomic mass is 16.2. The highest BCUT2D eigenvalue weighted by Crippen LogP contribution is 2.35. The first-order valence-corrected chi connectivity index (χ1v) is 12.6. The molecule has 2 unspecified atom stereocenters. The summed E-state index contributed by atoms with van der Waals surface area (Å²) in [6.07, 6.45) is 8.43. The molecule has 1 amide bonds. The number of likely N-dealkylation sites (tertiary alicyclic amines) is 1. The standard InChI is InChI=1S/C29H37NO2/c1-2-22-12-15-25(16-13-22)27-18-24(19-28(31)17-14-23-8-4-3-5-9-23)20-30(21-27)29(32)26-10-6-7-11-26/h3-5,8-9,12-13,15-16,24,26-27H,2,6-7,10-11,14,17-21H2,1H3. The Balaban J connectivity index is 1.43. The molecule has 1 aliphatic heterocycles. The van der Waals surface area contributed by atoms with Crippen molar-refractivity contribution in [2.75, 3.05) is 13.1 Å². The van der Waals surface area contributed by atoms with E-state index in [-0.39, 0.29) is 11.8 Å². The van der Waals surface area contributed by atoms with Crippen molar-refractivity contribution >= 4 is 11.7 Å². The lowest BCUT2D eigenvalue weighted by molar-refractivity contribution is -0.138. The number of carbonyl (C=O) groups excluding carboxylic acids is 2. The Bertz CT molecular complexity index is 883. The van der Waals surface area contributed by atoms with Crippen LogP contribution in [0.1, 0.15) is 74.5 Å². The van der Waals surface area contributed by atoms with Gasteiger partial charge in [-0.25, -0.2) is 0 Å². The van der Waals surface area contributed by atoms with Gasteiger partial charge in [0.05, 0.1) is 0 Å². The van der Waals surface area contributed by atoms with E-state index < -0.39 is 0 Å². The second-order valence-corrected chi connectivity index (χ2v) is 9.85. The third-order valence-corrected chi connectivity index (χ3v) is 7.46. The summed E-state index contributed by atoms with van der Waals surface area (Å²) >= 11 is 0. The first-order chi connectivity index (χ1) is 15.6. The fourth-order valence-corrected chi connectivity index (χ4v) is 5.58. The number of benzene rings is 2. The van der Waals surface area contributed by atoms with Crippen LogP contribution in [0.15, 0.2) is 54.6 Å². The summed E-state index contributed by atoms with van der Waals surface area (Å²) in [6.45, 7) is 3.72. The number of hydrogen-bond donors (Lipinski definition) is 0. The molecule has 0 radical (unpaired) electrons. The van der Waals surface area contributed by atoms with E-state index in [0.29, 0.717) is 30.4 Å². The minimum atomic E-state index is 0.200. The van der Waals surface area contributed by atoms with Gasteiger partial charge in [-0.05, 0) is 54.7 Å². The second kappa shape index (κ2) is 10.9. The van der Waals surface area contributed by atoms with Crippen molar-refractivity contribution in [1.29, 1.82) is 0 Å². The number of amides is 1. The molecule has 2 fully saturated rings. The van der Waals surface area contributed by atoms with E-state index in [1.807, 2.05) is 18.2 Å². The maximum absolute atomic E-state index is 13.3. The van der Waals surface area contributed by atoms with E-state index in [1.165, 1.54) is 29.5 Å². The molecule has 0 bridgehead atoms. The Morgan fingerprint density at radius 2 is 1.62 bits per heavy atom. The number of rotatable bonds is 8. The molecule has 1 saturated carbocycles. The van der Waals surface area contributed by atoms with E-state index in [2.05, 4.69) is 48.2 Å². The molecule has 2 atom stereocenters. The topological polar surface area (TPSA) is 37.4 Å². The Labute approximate surface area is 193 Å². The third kappa shape index (κ3) is 5.88. The van der Waals surface area contributed by atoms with E-state index in [4.69, 9.17) is 0 Å². The lowest BCUT2D eigenvalue weighted by Crippen LogP contribution is -2.45. The molecule has 1 heterocycles. The van der Waals surface area contributed by atoms with Gasteiger partial charge in [0, 0.05) is 37.8 Å². The van der Waals surface area contributed by atoms with Gasteiger partial charge in [-0.3, -0.25) is 9.59 Å². The van der Waals surface area contributed by atoms with Crippen molar-refractivity contribution in [2.24, 2.45) is 11.8 Å². The number of Topliss-reactive ketones (excluding diaryl/α,β-unsaturated/α-hetero) is 1. The van der Waals surface area contributed by atoms with Crippen molar-refractivity contribution in [3.8, 4) is 0 Å². The largest absolute Gasteiger partial charge is 0.342 e. The number of hydrogen-bond acceptors (Lipinski definition) is 2. The zero-order chi connectivity index (χ0) is 22.3. The summed E-state index contributed by atoms with van der Waals surface area (Å²) in [5.41, 5.74) is 3.88. The number of aryl methyl sites for hydroxylation is 2. The van der Waals surface area contributed by atoms with Gasteiger partial charge in [0.1, 0.15) is 5.78 Å². The molecular weight excluding hydrogens is 394 g/mol. The molecule has 4 rings (SSSR count). The Morgan fingerprint density at radius 1 is 0.906 bits per heavy atom. The van der Waals surface area contributed by atoms with Crippen molar-refractivity contribution in [1.82, 2.24) is 4.90 Å². The molecule has 3 heteroatoms. The zero-order valence-electron chi connectivity index (χ0n) is 19.5. The van der Waals surface area contributed by atoms with Gasteiger partial charge in [0.25, 0.3) is 0 Å². The van der Waals surface area contributed by atoms with Crippen LogP contribution in [-0.4, -0.2) is 29.7 Å². The predicted octanol–water partition coefficient (Wildman–Crippen LogP) is 5.96. The Hall–Kier alpha value is -2.42. The molecule has 3 nitrogen and oxygen atoms in total. The third-order valence-electron chi connectivity index (χ3n) is 7.46. The van der Waals surface area contributed by atoms with Gasteiger partial charge in [0.2, 0.25) is 5.91 Å². The molecule has 1 saturated heterocycles. The average molecular weight is 432 g/mol. The monoisotopic (exact) mass is 431 g/mol. The quantitative estimate of drug-likeness (QED) is 0.517. The molecule has 0 aromatic heterocycles. The van der Waals surface area contributed by atoms with E-state index in [1.54, 1.807) is 0 Å². The van der Waals surface area contributed by atoms with Crippen LogP contribution in [0.4, 0.5) is 0 Å². The van der Waals surface area contributed by atoms with Gasteiger partial charge in [-0.1, -0.05) is 74.4 Å². The van der Waals surface area contributed by atoms with Crippen molar-refractivity contribution in [2.45, 2.75) is 70.6 Å². The van der Waals surface area contributed by atoms with Crippen LogP contribution in [0.3, 0.4) is 0 Å². The van der Waals surface area contributed by atoms with E-state index >= 15 is 0 Å². The normalized spacial score (nSPS) is 21.6. The number of carbonyl (C=O) groups is 2. The van der Waals surface area contributed by atoms with Gasteiger partial charge in [-0.2, -0.15) is 0 Å². The van der Waals surface area contributed by atoms with E-state index in [0.717, 1.165) is 45.2 Å². The molecule has 0 N–H and O–H groups in total. The molecule has 2 aromatic carbocycles. The molecule has 170 valence electrons. The SMILES string of the molecule is CCc1ccc(C2CC(CC(=O)CCc3ccccc3)CN(C(=O)C3CCCC3)C2)cc1. The molecule has 32 heavy (non-hydrogen) atoms. The lowest BCUT2D eigenvalue weighted by Gasteiger charge is -2.39. The molecule has 2 aliphatic rings. The van der Waals surface area contributed by atoms with E-state index in [9.17, 15) is 9.59 Å². The Morgan fingerprint density at radius 3 is 2.31 bits per heavy atom. The van der Waals surface area contributed by atoms with Crippen LogP contribution in [0.5, 0.6) is 0 Å². The molecule has 2 aromatic rings. The van der Waals surface area contributed by atoms with Gasteiger partial charge in [0.15, 0.2) is 0 Å². The van der Waals surface area contributed by atoms with Crippen LogP contribution in [0.2, 0.25) is 0 Å². The summed E-state index contributed by atoms with van der Waals surface area (Å²) in [4.78, 5) is 28.2. The van der Waals surface area contributed by atoms with Crippen LogP contribution in [-0.2, 0) is 22.4 Å². The van der Waals surface area contributed by atoms with Crippen LogP contribution < -0.4 is 0 Å². The average Bonchev–Trinajstić information content (AvgIpc) is 3.38. The lowest BCUT2D eigenvalue weighted by atomic mass is 9.81. The highest BCUT2D eigenvalue weighted by molar-refractivity contribution is 5.80. The first kappa shape index (κ1) is 22.8. The maximum Gasteiger partial charge on any atom is 0.225 e. The number of nitrogens with zero attached hydrogens (tertiary/aromatic N) is 1. The minimum Gasteiger partial charge on any atom is -0.342 e. The Kier molecular flexibility index (Phi) is 7.78. The van der Waals surface area contributed by atoms with Gasteiger partial charge >= 0.3 is 0 Å². The fraction of sp³-hybridized carbons (Fsp3) is 0.517. The smallest absolute Gasteiger partial charge is 0.225 e.